The SMILES string of the molecule is C#CC[C@]1(C(=O)OC)CCC[C@@H](CC=C)N1C(=O)OCc1ccccc1. The molecule has 5 nitrogen and oxygen atoms in total. The van der Waals surface area contributed by atoms with Crippen LogP contribution in [0.25, 0.3) is 0 Å². The minimum absolute atomic E-state index is 0.0910. The highest BCUT2D eigenvalue weighted by atomic mass is 16.6. The van der Waals surface area contributed by atoms with Gasteiger partial charge in [-0.3, -0.25) is 4.90 Å². The van der Waals surface area contributed by atoms with E-state index in [1.54, 1.807) is 6.08 Å². The molecule has 2 atom stereocenters. The second kappa shape index (κ2) is 9.10. The molecule has 26 heavy (non-hydrogen) atoms. The van der Waals surface area contributed by atoms with Gasteiger partial charge in [-0.2, -0.15) is 0 Å². The van der Waals surface area contributed by atoms with Crippen LogP contribution in [0.2, 0.25) is 0 Å². The summed E-state index contributed by atoms with van der Waals surface area (Å²) in [5.41, 5.74) is -0.317. The zero-order chi connectivity index (χ0) is 19.0. The van der Waals surface area contributed by atoms with Crippen molar-refractivity contribution in [1.29, 1.82) is 0 Å². The second-order valence-electron chi connectivity index (χ2n) is 6.38. The normalized spacial score (nSPS) is 22.2. The van der Waals surface area contributed by atoms with Crippen molar-refractivity contribution in [3.63, 3.8) is 0 Å². The van der Waals surface area contributed by atoms with Gasteiger partial charge in [0.2, 0.25) is 0 Å². The molecule has 1 aliphatic heterocycles. The minimum Gasteiger partial charge on any atom is -0.467 e. The van der Waals surface area contributed by atoms with E-state index in [0.29, 0.717) is 12.8 Å². The zero-order valence-corrected chi connectivity index (χ0v) is 15.1. The molecule has 0 aliphatic carbocycles. The number of hydrogen-bond acceptors (Lipinski definition) is 4. The second-order valence-corrected chi connectivity index (χ2v) is 6.38. The zero-order valence-electron chi connectivity index (χ0n) is 15.1. The third-order valence-corrected chi connectivity index (χ3v) is 4.75. The molecule has 1 heterocycles. The molecule has 1 fully saturated rings. The Morgan fingerprint density at radius 3 is 2.77 bits per heavy atom. The fourth-order valence-electron chi connectivity index (χ4n) is 3.56. The van der Waals surface area contributed by atoms with Gasteiger partial charge in [0.25, 0.3) is 0 Å². The number of carbonyl (C=O) groups is 2. The number of esters is 1. The van der Waals surface area contributed by atoms with Gasteiger partial charge < -0.3 is 9.47 Å². The molecule has 0 spiro atoms. The fourth-order valence-corrected chi connectivity index (χ4v) is 3.56. The summed E-state index contributed by atoms with van der Waals surface area (Å²) in [5, 5.41) is 0. The molecular weight excluding hydrogens is 330 g/mol. The number of piperidine rings is 1. The number of ether oxygens (including phenoxy) is 2. The fraction of sp³-hybridized carbons (Fsp3) is 0.429. The molecule has 0 saturated carbocycles. The van der Waals surface area contributed by atoms with E-state index in [1.807, 2.05) is 30.3 Å². The predicted octanol–water partition coefficient (Wildman–Crippen LogP) is 3.69. The van der Waals surface area contributed by atoms with Crippen molar-refractivity contribution in [2.24, 2.45) is 0 Å². The largest absolute Gasteiger partial charge is 0.467 e. The number of likely N-dealkylation sites (tertiary alicyclic amines) is 1. The van der Waals surface area contributed by atoms with Crippen LogP contribution in [-0.2, 0) is 20.9 Å². The third kappa shape index (κ3) is 4.08. The third-order valence-electron chi connectivity index (χ3n) is 4.75. The molecule has 0 unspecified atom stereocenters. The van der Waals surface area contributed by atoms with E-state index in [9.17, 15) is 9.59 Å². The molecule has 0 bridgehead atoms. The number of rotatable bonds is 6. The van der Waals surface area contributed by atoms with E-state index in [2.05, 4.69) is 12.5 Å². The highest BCUT2D eigenvalue weighted by Gasteiger charge is 2.52. The summed E-state index contributed by atoms with van der Waals surface area (Å²) in [6, 6.07) is 9.20. The first-order chi connectivity index (χ1) is 12.6. The Labute approximate surface area is 155 Å². The van der Waals surface area contributed by atoms with Crippen LogP contribution in [0.5, 0.6) is 0 Å². The summed E-state index contributed by atoms with van der Waals surface area (Å²) >= 11 is 0. The van der Waals surface area contributed by atoms with Crippen LogP contribution < -0.4 is 0 Å². The lowest BCUT2D eigenvalue weighted by atomic mass is 9.80. The summed E-state index contributed by atoms with van der Waals surface area (Å²) in [6.45, 7) is 3.89. The lowest BCUT2D eigenvalue weighted by Gasteiger charge is -2.47. The molecular formula is C21H25NO4. The van der Waals surface area contributed by atoms with Gasteiger partial charge in [-0.15, -0.1) is 18.9 Å². The van der Waals surface area contributed by atoms with Gasteiger partial charge in [-0.25, -0.2) is 9.59 Å². The molecule has 1 aliphatic rings. The van der Waals surface area contributed by atoms with Crippen LogP contribution in [-0.4, -0.2) is 35.7 Å². The molecule has 0 N–H and O–H groups in total. The summed E-state index contributed by atoms with van der Waals surface area (Å²) < 4.78 is 10.5. The summed E-state index contributed by atoms with van der Waals surface area (Å²) in [6.07, 6.45) is 9.36. The first-order valence-corrected chi connectivity index (χ1v) is 8.72. The predicted molar refractivity (Wildman–Crippen MR) is 99.1 cm³/mol. The maximum Gasteiger partial charge on any atom is 0.411 e. The van der Waals surface area contributed by atoms with Crippen molar-refractivity contribution in [2.45, 2.75) is 50.3 Å². The summed E-state index contributed by atoms with van der Waals surface area (Å²) in [4.78, 5) is 27.1. The Hall–Kier alpha value is -2.74. The first-order valence-electron chi connectivity index (χ1n) is 8.72. The van der Waals surface area contributed by atoms with Crippen LogP contribution in [0.1, 0.15) is 37.7 Å². The van der Waals surface area contributed by atoms with Gasteiger partial charge in [0.1, 0.15) is 6.61 Å². The Kier molecular flexibility index (Phi) is 6.85. The maximum atomic E-state index is 13.0. The number of benzene rings is 1. The Morgan fingerprint density at radius 2 is 2.15 bits per heavy atom. The molecule has 1 saturated heterocycles. The summed E-state index contributed by atoms with van der Waals surface area (Å²) in [5.74, 6) is 2.04. The van der Waals surface area contributed by atoms with Gasteiger partial charge in [-0.05, 0) is 31.2 Å². The standard InChI is InChI=1S/C21H25NO4/c1-4-10-18-13-9-15-21(14-5-2,19(23)25-3)22(18)20(24)26-16-17-11-7-6-8-12-17/h2,4,6-8,11-12,18H,1,9-10,13-16H2,3H3/t18-,21-/m1/s1. The van der Waals surface area contributed by atoms with Crippen molar-refractivity contribution in [3.8, 4) is 12.3 Å². The number of carbonyl (C=O) groups excluding carboxylic acids is 2. The lowest BCUT2D eigenvalue weighted by molar-refractivity contribution is -0.158. The van der Waals surface area contributed by atoms with Gasteiger partial charge in [0, 0.05) is 12.5 Å². The van der Waals surface area contributed by atoms with E-state index < -0.39 is 17.6 Å². The molecule has 1 aromatic carbocycles. The van der Waals surface area contributed by atoms with Crippen molar-refractivity contribution in [3.05, 3.63) is 48.6 Å². The van der Waals surface area contributed by atoms with Gasteiger partial charge >= 0.3 is 12.1 Å². The van der Waals surface area contributed by atoms with Crippen LogP contribution >= 0.6 is 0 Å². The number of nitrogens with zero attached hydrogens (tertiary/aromatic N) is 1. The molecule has 138 valence electrons. The van der Waals surface area contributed by atoms with E-state index in [0.717, 1.165) is 18.4 Å². The smallest absolute Gasteiger partial charge is 0.411 e. The molecule has 1 amide bonds. The Morgan fingerprint density at radius 1 is 1.42 bits per heavy atom. The van der Waals surface area contributed by atoms with Crippen molar-refractivity contribution in [1.82, 2.24) is 4.90 Å². The quantitative estimate of drug-likeness (QED) is 0.444. The van der Waals surface area contributed by atoms with Crippen LogP contribution in [0.4, 0.5) is 4.79 Å². The lowest BCUT2D eigenvalue weighted by Crippen LogP contribution is -2.63. The molecule has 5 heteroatoms. The highest BCUT2D eigenvalue weighted by molar-refractivity contribution is 5.86. The van der Waals surface area contributed by atoms with E-state index >= 15 is 0 Å². The van der Waals surface area contributed by atoms with Crippen molar-refractivity contribution < 1.29 is 19.1 Å². The van der Waals surface area contributed by atoms with Crippen LogP contribution in [0.15, 0.2) is 43.0 Å². The Balaban J connectivity index is 2.30. The average molecular weight is 355 g/mol. The van der Waals surface area contributed by atoms with E-state index in [4.69, 9.17) is 15.9 Å². The molecule has 1 aromatic rings. The maximum absolute atomic E-state index is 13.0. The van der Waals surface area contributed by atoms with Crippen LogP contribution in [0.3, 0.4) is 0 Å². The van der Waals surface area contributed by atoms with E-state index in [-0.39, 0.29) is 19.1 Å². The average Bonchev–Trinajstić information content (AvgIpc) is 2.67. The van der Waals surface area contributed by atoms with Crippen molar-refractivity contribution in [2.75, 3.05) is 7.11 Å². The number of hydrogen-bond donors (Lipinski definition) is 0. The van der Waals surface area contributed by atoms with Crippen LogP contribution in [0, 0.1) is 12.3 Å². The highest BCUT2D eigenvalue weighted by Crippen LogP contribution is 2.38. The minimum atomic E-state index is -1.19. The topological polar surface area (TPSA) is 55.8 Å². The first kappa shape index (κ1) is 19.6. The van der Waals surface area contributed by atoms with Gasteiger partial charge in [-0.1, -0.05) is 36.4 Å². The number of methoxy groups -OCH3 is 1. The Bertz CT molecular complexity index is 679. The van der Waals surface area contributed by atoms with Gasteiger partial charge in [0.15, 0.2) is 5.54 Å². The molecule has 2 rings (SSSR count). The molecule has 0 aromatic heterocycles. The number of terminal acetylenes is 1. The van der Waals surface area contributed by atoms with Gasteiger partial charge in [0.05, 0.1) is 7.11 Å². The van der Waals surface area contributed by atoms with E-state index in [1.165, 1.54) is 12.0 Å². The molecule has 0 radical (unpaired) electrons. The number of amides is 1. The monoisotopic (exact) mass is 355 g/mol. The van der Waals surface area contributed by atoms with Crippen molar-refractivity contribution >= 4 is 12.1 Å². The summed E-state index contributed by atoms with van der Waals surface area (Å²) in [7, 11) is 1.31.